The van der Waals surface area contributed by atoms with Crippen LogP contribution >= 0.6 is 11.3 Å². The molecule has 0 saturated heterocycles. The van der Waals surface area contributed by atoms with Crippen LogP contribution < -0.4 is 5.73 Å². The molecule has 2 rings (SSSR count). The lowest BCUT2D eigenvalue weighted by molar-refractivity contribution is -0.159. The van der Waals surface area contributed by atoms with E-state index in [2.05, 4.69) is 9.72 Å². The van der Waals surface area contributed by atoms with Gasteiger partial charge in [0.15, 0.2) is 11.2 Å². The molecule has 0 radical (unpaired) electrons. The molecule has 2 atom stereocenters. The van der Waals surface area contributed by atoms with E-state index in [4.69, 9.17) is 5.73 Å². The van der Waals surface area contributed by atoms with Gasteiger partial charge >= 0.3 is 5.97 Å². The third-order valence-electron chi connectivity index (χ3n) is 2.60. The monoisotopic (exact) mass is 282 g/mol. The number of fused-ring (bicyclic) bond motifs is 1. The molecule has 0 aliphatic carbocycles. The molecule has 0 spiro atoms. The van der Waals surface area contributed by atoms with Crippen molar-refractivity contribution in [1.82, 2.24) is 4.98 Å². The van der Waals surface area contributed by atoms with Crippen LogP contribution in [0.1, 0.15) is 18.6 Å². The lowest BCUT2D eigenvalue weighted by atomic mass is 10.0. The predicted octanol–water partition coefficient (Wildman–Crippen LogP) is 0.836. The Bertz CT molecular complexity index is 598. The Morgan fingerprint density at radius 2 is 2.26 bits per heavy atom. The van der Waals surface area contributed by atoms with Gasteiger partial charge in [0.1, 0.15) is 6.10 Å². The smallest absolute Gasteiger partial charge is 0.338 e. The van der Waals surface area contributed by atoms with Crippen LogP contribution in [0.5, 0.6) is 0 Å². The number of nitrogens with two attached hydrogens (primary N) is 1. The summed E-state index contributed by atoms with van der Waals surface area (Å²) >= 11 is 1.27. The van der Waals surface area contributed by atoms with Gasteiger partial charge < -0.3 is 20.7 Å². The first-order chi connectivity index (χ1) is 9.02. The highest BCUT2D eigenvalue weighted by molar-refractivity contribution is 7.22. The van der Waals surface area contributed by atoms with E-state index in [1.54, 1.807) is 25.1 Å². The van der Waals surface area contributed by atoms with Crippen LogP contribution in [-0.2, 0) is 9.53 Å². The molecule has 4 N–H and O–H groups in total. The van der Waals surface area contributed by atoms with E-state index >= 15 is 0 Å². The largest absolute Gasteiger partial charge is 0.464 e. The van der Waals surface area contributed by atoms with Crippen molar-refractivity contribution >= 4 is 32.7 Å². The van der Waals surface area contributed by atoms with Crippen LogP contribution in [0, 0.1) is 0 Å². The van der Waals surface area contributed by atoms with Crippen LogP contribution in [-0.4, -0.2) is 33.9 Å². The van der Waals surface area contributed by atoms with E-state index in [0.717, 1.165) is 4.70 Å². The Morgan fingerprint density at radius 1 is 1.53 bits per heavy atom. The quantitative estimate of drug-likeness (QED) is 0.717. The van der Waals surface area contributed by atoms with Crippen LogP contribution in [0.3, 0.4) is 0 Å². The van der Waals surface area contributed by atoms with Crippen LogP contribution in [0.15, 0.2) is 18.2 Å². The Hall–Kier alpha value is -1.70. The third-order valence-corrected chi connectivity index (χ3v) is 3.45. The molecule has 102 valence electrons. The molecule has 0 fully saturated rings. The minimum atomic E-state index is -1.61. The summed E-state index contributed by atoms with van der Waals surface area (Å²) < 4.78 is 5.44. The number of carbonyl (C=O) groups excluding carboxylic acids is 1. The van der Waals surface area contributed by atoms with Crippen molar-refractivity contribution in [2.24, 2.45) is 0 Å². The predicted molar refractivity (Wildman–Crippen MR) is 71.6 cm³/mol. The second kappa shape index (κ2) is 5.52. The summed E-state index contributed by atoms with van der Waals surface area (Å²) in [6.45, 7) is 1.77. The standard InChI is InChI=1S/C12H14N2O4S/c1-2-18-11(17)10(16)9(15)6-3-4-7-8(5-6)19-12(13)14-7/h3-5,9-10,15-16H,2H2,1H3,(H2,13,14). The first-order valence-corrected chi connectivity index (χ1v) is 6.53. The van der Waals surface area contributed by atoms with Crippen molar-refractivity contribution in [3.8, 4) is 0 Å². The number of aromatic nitrogens is 1. The molecule has 0 saturated carbocycles. The van der Waals surface area contributed by atoms with Gasteiger partial charge in [-0.2, -0.15) is 0 Å². The molecule has 0 amide bonds. The van der Waals surface area contributed by atoms with E-state index in [1.807, 2.05) is 0 Å². The molecule has 19 heavy (non-hydrogen) atoms. The van der Waals surface area contributed by atoms with Gasteiger partial charge in [0.25, 0.3) is 0 Å². The topological polar surface area (TPSA) is 106 Å². The number of aliphatic hydroxyl groups excluding tert-OH is 2. The number of rotatable bonds is 4. The Balaban J connectivity index is 2.25. The number of esters is 1. The summed E-state index contributed by atoms with van der Waals surface area (Å²) in [6, 6.07) is 4.92. The van der Waals surface area contributed by atoms with Gasteiger partial charge in [0.05, 0.1) is 16.8 Å². The van der Waals surface area contributed by atoms with Crippen molar-refractivity contribution < 1.29 is 19.7 Å². The van der Waals surface area contributed by atoms with Gasteiger partial charge in [-0.15, -0.1) is 0 Å². The van der Waals surface area contributed by atoms with E-state index in [1.165, 1.54) is 11.3 Å². The fourth-order valence-electron chi connectivity index (χ4n) is 1.68. The summed E-state index contributed by atoms with van der Waals surface area (Å²) in [6.07, 6.45) is -2.95. The molecule has 1 aromatic carbocycles. The Labute approximate surface area is 113 Å². The second-order valence-corrected chi connectivity index (χ2v) is 4.98. The average molecular weight is 282 g/mol. The highest BCUT2D eigenvalue weighted by Gasteiger charge is 2.27. The SMILES string of the molecule is CCOC(=O)C(O)C(O)c1ccc2nc(N)sc2c1. The van der Waals surface area contributed by atoms with Crippen molar-refractivity contribution in [1.29, 1.82) is 0 Å². The highest BCUT2D eigenvalue weighted by atomic mass is 32.1. The zero-order valence-electron chi connectivity index (χ0n) is 10.2. The number of carbonyl (C=O) groups is 1. The number of hydrogen-bond donors (Lipinski definition) is 3. The van der Waals surface area contributed by atoms with E-state index in [9.17, 15) is 15.0 Å². The molecule has 2 unspecified atom stereocenters. The normalized spacial score (nSPS) is 14.3. The van der Waals surface area contributed by atoms with Gasteiger partial charge in [-0.25, -0.2) is 9.78 Å². The third kappa shape index (κ3) is 2.83. The lowest BCUT2D eigenvalue weighted by Crippen LogP contribution is -2.29. The minimum Gasteiger partial charge on any atom is -0.464 e. The average Bonchev–Trinajstić information content (AvgIpc) is 2.76. The molecule has 1 heterocycles. The molecular weight excluding hydrogens is 268 g/mol. The van der Waals surface area contributed by atoms with Gasteiger partial charge in [-0.1, -0.05) is 17.4 Å². The van der Waals surface area contributed by atoms with Crippen molar-refractivity contribution in [3.63, 3.8) is 0 Å². The highest BCUT2D eigenvalue weighted by Crippen LogP contribution is 2.28. The number of aliphatic hydroxyl groups is 2. The number of ether oxygens (including phenoxy) is 1. The maximum atomic E-state index is 11.4. The summed E-state index contributed by atoms with van der Waals surface area (Å²) in [7, 11) is 0. The van der Waals surface area contributed by atoms with E-state index < -0.39 is 18.2 Å². The zero-order valence-corrected chi connectivity index (χ0v) is 11.1. The minimum absolute atomic E-state index is 0.146. The van der Waals surface area contributed by atoms with Gasteiger partial charge in [0.2, 0.25) is 0 Å². The van der Waals surface area contributed by atoms with Crippen molar-refractivity contribution in [2.75, 3.05) is 12.3 Å². The van der Waals surface area contributed by atoms with Gasteiger partial charge in [-0.3, -0.25) is 0 Å². The number of anilines is 1. The van der Waals surface area contributed by atoms with Crippen LogP contribution in [0.4, 0.5) is 5.13 Å². The molecule has 0 bridgehead atoms. The van der Waals surface area contributed by atoms with E-state index in [0.29, 0.717) is 16.2 Å². The number of nitrogens with zero attached hydrogens (tertiary/aromatic N) is 1. The first-order valence-electron chi connectivity index (χ1n) is 5.71. The lowest BCUT2D eigenvalue weighted by Gasteiger charge is -2.16. The summed E-state index contributed by atoms with van der Waals surface area (Å²) in [5.74, 6) is -0.848. The number of nitrogen functional groups attached to an aromatic ring is 1. The van der Waals surface area contributed by atoms with Gasteiger partial charge in [-0.05, 0) is 24.6 Å². The number of benzene rings is 1. The molecule has 7 heteroatoms. The molecule has 2 aromatic rings. The Kier molecular flexibility index (Phi) is 3.98. The maximum absolute atomic E-state index is 11.4. The number of hydrogen-bond acceptors (Lipinski definition) is 7. The van der Waals surface area contributed by atoms with E-state index in [-0.39, 0.29) is 6.61 Å². The molecular formula is C12H14N2O4S. The molecule has 6 nitrogen and oxygen atoms in total. The summed E-state index contributed by atoms with van der Waals surface area (Å²) in [5, 5.41) is 20.1. The fourth-order valence-corrected chi connectivity index (χ4v) is 2.46. The summed E-state index contributed by atoms with van der Waals surface area (Å²) in [4.78, 5) is 15.4. The zero-order chi connectivity index (χ0) is 14.0. The number of thiazole rings is 1. The fraction of sp³-hybridized carbons (Fsp3) is 0.333. The Morgan fingerprint density at radius 3 is 2.95 bits per heavy atom. The molecule has 1 aromatic heterocycles. The molecule has 0 aliphatic heterocycles. The van der Waals surface area contributed by atoms with Crippen LogP contribution in [0.2, 0.25) is 0 Å². The summed E-state index contributed by atoms with van der Waals surface area (Å²) in [5.41, 5.74) is 6.71. The van der Waals surface area contributed by atoms with Crippen molar-refractivity contribution in [2.45, 2.75) is 19.1 Å². The maximum Gasteiger partial charge on any atom is 0.338 e. The van der Waals surface area contributed by atoms with Crippen LogP contribution in [0.25, 0.3) is 10.2 Å². The second-order valence-electron chi connectivity index (χ2n) is 3.92. The molecule has 0 aliphatic rings. The van der Waals surface area contributed by atoms with Gasteiger partial charge in [0, 0.05) is 0 Å². The first kappa shape index (κ1) is 13.7. The van der Waals surface area contributed by atoms with Crippen molar-refractivity contribution in [3.05, 3.63) is 23.8 Å².